The van der Waals surface area contributed by atoms with Crippen LogP contribution in [-0.4, -0.2) is 26.5 Å². The first kappa shape index (κ1) is 35.6. The second-order valence-electron chi connectivity index (χ2n) is 9.26. The van der Waals surface area contributed by atoms with Crippen LogP contribution in [0.2, 0.25) is 0 Å². The van der Waals surface area contributed by atoms with Crippen LogP contribution >= 0.6 is 7.05 Å². The van der Waals surface area contributed by atoms with E-state index in [-0.39, 0.29) is 31.2 Å². The summed E-state index contributed by atoms with van der Waals surface area (Å²) in [6.45, 7) is 24.8. The molecule has 0 saturated carbocycles. The molecule has 2 radical (unpaired) electrons. The Labute approximate surface area is 198 Å². The fraction of sp³-hybridized carbons (Fsp3) is 0.773. The molecule has 1 nitrogen and oxygen atoms in total. The van der Waals surface area contributed by atoms with E-state index in [1.54, 1.807) is 0 Å². The van der Waals surface area contributed by atoms with Gasteiger partial charge in [0.2, 0.25) is 0 Å². The summed E-state index contributed by atoms with van der Waals surface area (Å²) in [4.78, 5) is 0. The van der Waals surface area contributed by atoms with E-state index in [2.05, 4.69) is 41.5 Å². The van der Waals surface area contributed by atoms with E-state index in [0.717, 1.165) is 0 Å². The van der Waals surface area contributed by atoms with E-state index < -0.39 is 7.05 Å². The fourth-order valence-electron chi connectivity index (χ4n) is 2.11. The zero-order valence-electron chi connectivity index (χ0n) is 19.8. The van der Waals surface area contributed by atoms with Gasteiger partial charge >= 0.3 is 21.7 Å². The smallest absolute Gasteiger partial charge is 0.807 e. The Kier molecular flexibility index (Phi) is 22.2. The first-order valence-corrected chi connectivity index (χ1v) is 12.3. The standard InChI is InChI=1S/C9H21NP.C5H5.2C4H10S.Ti/c1-7(2)11(10,8(3)4)9(5)6;1-2-4-5-3-1;2*1-4(2,3)5;/h7-9H,1-6H3;1-5H;2*5H,1-3H3;/q-1;;;;+3/p-2. The van der Waals surface area contributed by atoms with Crippen molar-refractivity contribution in [2.24, 2.45) is 0 Å². The third kappa shape index (κ3) is 29.4. The molecule has 27 heavy (non-hydrogen) atoms. The molecule has 158 valence electrons. The molecule has 0 unspecified atom stereocenters. The summed E-state index contributed by atoms with van der Waals surface area (Å²) < 4.78 is 0.167. The van der Waals surface area contributed by atoms with E-state index in [1.807, 2.05) is 72.3 Å². The topological polar surface area (TPSA) is 22.3 Å². The van der Waals surface area contributed by atoms with Crippen LogP contribution in [0.1, 0.15) is 83.1 Å². The van der Waals surface area contributed by atoms with Gasteiger partial charge in [-0.05, 0) is 17.0 Å². The van der Waals surface area contributed by atoms with Gasteiger partial charge in [0.1, 0.15) is 0 Å². The third-order valence-electron chi connectivity index (χ3n) is 3.04. The van der Waals surface area contributed by atoms with Crippen molar-refractivity contribution in [2.75, 3.05) is 0 Å². The maximum atomic E-state index is 10.4. The van der Waals surface area contributed by atoms with Gasteiger partial charge < -0.3 is 30.4 Å². The van der Waals surface area contributed by atoms with Crippen molar-refractivity contribution >= 4 is 32.3 Å². The molecule has 0 amide bonds. The van der Waals surface area contributed by atoms with Crippen LogP contribution in [0.25, 0.3) is 5.16 Å². The van der Waals surface area contributed by atoms with Gasteiger partial charge in [0, 0.05) is 6.42 Å². The van der Waals surface area contributed by atoms with Crippen molar-refractivity contribution in [1.29, 1.82) is 0 Å². The SMILES string of the molecule is CC(C)(C)[S-].CC(C)(C)[S-].CC(C)P(=[N-])(C(C)C)C(C)C.[CH]1C=CC=C1.[Ti+3]. The van der Waals surface area contributed by atoms with Crippen molar-refractivity contribution in [2.45, 2.75) is 110 Å². The second-order valence-corrected chi connectivity index (χ2v) is 16.4. The van der Waals surface area contributed by atoms with Gasteiger partial charge in [-0.3, -0.25) is 0 Å². The molecule has 1 aliphatic rings. The van der Waals surface area contributed by atoms with Crippen molar-refractivity contribution in [3.05, 3.63) is 35.9 Å². The molecular weight excluding hydrogens is 421 g/mol. The Morgan fingerprint density at radius 3 is 0.852 bits per heavy atom. The van der Waals surface area contributed by atoms with Crippen LogP contribution < -0.4 is 0 Å². The van der Waals surface area contributed by atoms with Gasteiger partial charge in [0.05, 0.1) is 0 Å². The average Bonchev–Trinajstić information content (AvgIpc) is 2.91. The molecule has 0 aliphatic heterocycles. The van der Waals surface area contributed by atoms with Gasteiger partial charge in [-0.2, -0.15) is 9.49 Å². The Balaban J connectivity index is -0.000000140. The Hall–Kier alpha value is 1.12. The summed E-state index contributed by atoms with van der Waals surface area (Å²) in [5, 5.41) is 10.4. The van der Waals surface area contributed by atoms with Gasteiger partial charge in [0.15, 0.2) is 0 Å². The summed E-state index contributed by atoms with van der Waals surface area (Å²) in [6, 6.07) is 0. The van der Waals surface area contributed by atoms with Crippen molar-refractivity contribution in [3.8, 4) is 0 Å². The molecule has 0 saturated heterocycles. The molecule has 0 aromatic carbocycles. The van der Waals surface area contributed by atoms with E-state index in [1.165, 1.54) is 0 Å². The number of allylic oxidation sites excluding steroid dienone is 4. The molecule has 1 aliphatic carbocycles. The zero-order valence-corrected chi connectivity index (χ0v) is 23.9. The zero-order chi connectivity index (χ0) is 21.8. The summed E-state index contributed by atoms with van der Waals surface area (Å²) >= 11 is 9.65. The van der Waals surface area contributed by atoms with Crippen LogP contribution in [0.3, 0.4) is 0 Å². The monoisotopic (exact) mass is 465 g/mol. The Morgan fingerprint density at radius 2 is 0.815 bits per heavy atom. The molecule has 1 rings (SSSR count). The molecule has 0 heterocycles. The van der Waals surface area contributed by atoms with Gasteiger partial charge in [-0.1, -0.05) is 107 Å². The molecule has 0 spiro atoms. The van der Waals surface area contributed by atoms with Crippen LogP contribution in [0, 0.1) is 6.42 Å². The number of rotatable bonds is 3. The normalized spacial score (nSPS) is 13.2. The van der Waals surface area contributed by atoms with Gasteiger partial charge in [0.25, 0.3) is 0 Å². The molecule has 5 heteroatoms. The molecule has 0 aromatic heterocycles. The van der Waals surface area contributed by atoms with Crippen LogP contribution in [-0.2, 0) is 47.0 Å². The van der Waals surface area contributed by atoms with Crippen LogP contribution in [0.15, 0.2) is 24.3 Å². The largest absolute Gasteiger partial charge is 3.00 e. The van der Waals surface area contributed by atoms with Gasteiger partial charge in [-0.15, -0.1) is 0 Å². The fourth-order valence-corrected chi connectivity index (χ4v) is 5.69. The first-order chi connectivity index (χ1) is 11.3. The van der Waals surface area contributed by atoms with Crippen LogP contribution in [0.5, 0.6) is 0 Å². The Morgan fingerprint density at radius 1 is 0.630 bits per heavy atom. The molecule has 0 aromatic rings. The second kappa shape index (κ2) is 16.9. The summed E-state index contributed by atoms with van der Waals surface area (Å²) in [5.74, 6) is 0. The third-order valence-corrected chi connectivity index (χ3v) is 8.00. The van der Waals surface area contributed by atoms with Crippen molar-refractivity contribution in [1.82, 2.24) is 0 Å². The first-order valence-electron chi connectivity index (χ1n) is 9.51. The minimum absolute atomic E-state index is 0. The number of hydrogen-bond donors (Lipinski definition) is 0. The quantitative estimate of drug-likeness (QED) is 0.240. The summed E-state index contributed by atoms with van der Waals surface area (Å²) in [5.41, 5.74) is 1.34. The summed E-state index contributed by atoms with van der Waals surface area (Å²) in [6.07, 6.45) is 10.0. The predicted octanol–water partition coefficient (Wildman–Crippen LogP) is 7.96. The number of nitrogens with zero attached hydrogens (tertiary/aromatic N) is 1. The minimum Gasteiger partial charge on any atom is -0.807 e. The van der Waals surface area contributed by atoms with E-state index in [0.29, 0.717) is 17.0 Å². The molecule has 0 N–H and O–H groups in total. The minimum atomic E-state index is -1.69. The predicted molar refractivity (Wildman–Crippen MR) is 133 cm³/mol. The molecule has 0 fully saturated rings. The molecule has 0 bridgehead atoms. The maximum absolute atomic E-state index is 10.4. The van der Waals surface area contributed by atoms with E-state index in [9.17, 15) is 5.16 Å². The van der Waals surface area contributed by atoms with Gasteiger partial charge in [-0.25, -0.2) is 7.05 Å². The van der Waals surface area contributed by atoms with E-state index >= 15 is 0 Å². The van der Waals surface area contributed by atoms with E-state index in [4.69, 9.17) is 25.3 Å². The van der Waals surface area contributed by atoms with Crippen molar-refractivity contribution in [3.63, 3.8) is 0 Å². The maximum Gasteiger partial charge on any atom is 3.00 e. The molecule has 0 atom stereocenters. The van der Waals surface area contributed by atoms with Crippen molar-refractivity contribution < 1.29 is 21.7 Å². The number of hydrogen-bond acceptors (Lipinski definition) is 2. The Bertz CT molecular complexity index is 380. The molecular formula is C22H44NPS2Ti. The average molecular weight is 466 g/mol. The van der Waals surface area contributed by atoms with Crippen LogP contribution in [0.4, 0.5) is 0 Å². The summed E-state index contributed by atoms with van der Waals surface area (Å²) in [7, 11) is -1.69.